The van der Waals surface area contributed by atoms with Gasteiger partial charge in [-0.15, -0.1) is 11.3 Å². The summed E-state index contributed by atoms with van der Waals surface area (Å²) in [5.41, 5.74) is 6.00. The number of benzene rings is 1. The summed E-state index contributed by atoms with van der Waals surface area (Å²) in [6.07, 6.45) is 0. The highest BCUT2D eigenvalue weighted by Crippen LogP contribution is 2.24. The maximum Gasteiger partial charge on any atom is 0.255 e. The van der Waals surface area contributed by atoms with Gasteiger partial charge in [0.05, 0.1) is 6.54 Å². The van der Waals surface area contributed by atoms with E-state index in [1.54, 1.807) is 23.5 Å². The molecular weight excluding hydrogens is 328 g/mol. The summed E-state index contributed by atoms with van der Waals surface area (Å²) in [6, 6.07) is 9.43. The van der Waals surface area contributed by atoms with Crippen molar-refractivity contribution in [3.63, 3.8) is 0 Å². The van der Waals surface area contributed by atoms with Crippen molar-refractivity contribution in [1.82, 2.24) is 0 Å². The summed E-state index contributed by atoms with van der Waals surface area (Å²) in [4.78, 5) is 11.8. The van der Waals surface area contributed by atoms with Crippen LogP contribution in [0.4, 0.5) is 5.69 Å². The summed E-state index contributed by atoms with van der Waals surface area (Å²) in [7, 11) is 0. The largest absolute Gasteiger partial charge is 0.484 e. The van der Waals surface area contributed by atoms with Gasteiger partial charge in [-0.2, -0.15) is 0 Å². The van der Waals surface area contributed by atoms with Crippen molar-refractivity contribution >= 4 is 38.9 Å². The standard InChI is InChI=1S/C13H13BrN2O2S/c14-11-5-6-19-12(11)7-16-9-1-3-10(4-2-9)18-8-13(15)17/h1-6,16H,7-8H2,(H2,15,17). The zero-order valence-corrected chi connectivity index (χ0v) is 12.5. The SMILES string of the molecule is NC(=O)COc1ccc(NCc2sccc2Br)cc1. The van der Waals surface area contributed by atoms with Gasteiger partial charge in [0.15, 0.2) is 6.61 Å². The van der Waals surface area contributed by atoms with Crippen LogP contribution in [0, 0.1) is 0 Å². The van der Waals surface area contributed by atoms with Gasteiger partial charge in [0.2, 0.25) is 0 Å². The third-order valence-electron chi connectivity index (χ3n) is 2.38. The number of nitrogens with two attached hydrogens (primary N) is 1. The summed E-state index contributed by atoms with van der Waals surface area (Å²) in [5, 5.41) is 5.36. The number of anilines is 1. The molecule has 1 amide bonds. The van der Waals surface area contributed by atoms with E-state index in [4.69, 9.17) is 10.5 Å². The van der Waals surface area contributed by atoms with E-state index in [0.29, 0.717) is 5.75 Å². The summed E-state index contributed by atoms with van der Waals surface area (Å²) in [6.45, 7) is 0.661. The molecule has 4 nitrogen and oxygen atoms in total. The summed E-state index contributed by atoms with van der Waals surface area (Å²) in [5.74, 6) is 0.145. The molecule has 0 saturated carbocycles. The number of primary amides is 1. The molecule has 1 heterocycles. The van der Waals surface area contributed by atoms with Crippen LogP contribution < -0.4 is 15.8 Å². The molecule has 0 bridgehead atoms. The van der Waals surface area contributed by atoms with E-state index in [-0.39, 0.29) is 6.61 Å². The Bertz CT molecular complexity index is 554. The van der Waals surface area contributed by atoms with Crippen molar-refractivity contribution < 1.29 is 9.53 Å². The van der Waals surface area contributed by atoms with Crippen molar-refractivity contribution in [2.24, 2.45) is 5.73 Å². The highest BCUT2D eigenvalue weighted by Gasteiger charge is 2.01. The fraction of sp³-hybridized carbons (Fsp3) is 0.154. The average molecular weight is 341 g/mol. The van der Waals surface area contributed by atoms with Gasteiger partial charge in [0.1, 0.15) is 5.75 Å². The Kier molecular flexibility index (Phi) is 4.81. The first kappa shape index (κ1) is 13.9. The number of rotatable bonds is 6. The highest BCUT2D eigenvalue weighted by molar-refractivity contribution is 9.10. The molecule has 0 fully saturated rings. The van der Waals surface area contributed by atoms with E-state index >= 15 is 0 Å². The van der Waals surface area contributed by atoms with Crippen molar-refractivity contribution in [1.29, 1.82) is 0 Å². The number of hydrogen-bond donors (Lipinski definition) is 2. The van der Waals surface area contributed by atoms with Gasteiger partial charge in [-0.05, 0) is 51.6 Å². The van der Waals surface area contributed by atoms with Crippen molar-refractivity contribution in [2.75, 3.05) is 11.9 Å². The van der Waals surface area contributed by atoms with Crippen molar-refractivity contribution in [2.45, 2.75) is 6.54 Å². The van der Waals surface area contributed by atoms with Gasteiger partial charge in [0, 0.05) is 15.0 Å². The van der Waals surface area contributed by atoms with Crippen LogP contribution in [0.3, 0.4) is 0 Å². The summed E-state index contributed by atoms with van der Waals surface area (Å²) >= 11 is 5.19. The lowest BCUT2D eigenvalue weighted by atomic mass is 10.3. The van der Waals surface area contributed by atoms with Crippen LogP contribution in [0.15, 0.2) is 40.2 Å². The first-order valence-electron chi connectivity index (χ1n) is 5.62. The van der Waals surface area contributed by atoms with Gasteiger partial charge < -0.3 is 15.8 Å². The van der Waals surface area contributed by atoms with Gasteiger partial charge in [-0.1, -0.05) is 0 Å². The third kappa shape index (κ3) is 4.25. The molecule has 19 heavy (non-hydrogen) atoms. The Labute approximate surface area is 123 Å². The van der Waals surface area contributed by atoms with E-state index in [1.165, 1.54) is 4.88 Å². The Morgan fingerprint density at radius 1 is 1.32 bits per heavy atom. The second kappa shape index (κ2) is 6.58. The number of ether oxygens (including phenoxy) is 1. The molecule has 0 aliphatic rings. The Hall–Kier alpha value is -1.53. The highest BCUT2D eigenvalue weighted by atomic mass is 79.9. The van der Waals surface area contributed by atoms with Crippen molar-refractivity contribution in [3.05, 3.63) is 45.1 Å². The van der Waals surface area contributed by atoms with Crippen LogP contribution in [-0.2, 0) is 11.3 Å². The maximum absolute atomic E-state index is 10.6. The van der Waals surface area contributed by atoms with Crippen LogP contribution >= 0.6 is 27.3 Å². The number of hydrogen-bond acceptors (Lipinski definition) is 4. The minimum absolute atomic E-state index is 0.102. The first-order valence-corrected chi connectivity index (χ1v) is 7.29. The van der Waals surface area contributed by atoms with Crippen molar-refractivity contribution in [3.8, 4) is 5.75 Å². The van der Waals surface area contributed by atoms with E-state index < -0.39 is 5.91 Å². The topological polar surface area (TPSA) is 64.4 Å². The zero-order chi connectivity index (χ0) is 13.7. The lowest BCUT2D eigenvalue weighted by molar-refractivity contribution is -0.119. The van der Waals surface area contributed by atoms with E-state index in [0.717, 1.165) is 16.7 Å². The Morgan fingerprint density at radius 3 is 2.63 bits per heavy atom. The molecule has 0 saturated heterocycles. The first-order chi connectivity index (χ1) is 9.15. The molecular formula is C13H13BrN2O2S. The quantitative estimate of drug-likeness (QED) is 0.849. The van der Waals surface area contributed by atoms with E-state index in [1.807, 2.05) is 23.6 Å². The third-order valence-corrected chi connectivity index (χ3v) is 4.31. The number of thiophene rings is 1. The molecule has 0 atom stereocenters. The number of halogens is 1. The molecule has 0 aliphatic heterocycles. The fourth-order valence-corrected chi connectivity index (χ4v) is 2.89. The smallest absolute Gasteiger partial charge is 0.255 e. The van der Waals surface area contributed by atoms with E-state index in [2.05, 4.69) is 21.2 Å². The van der Waals surface area contributed by atoms with Crippen LogP contribution in [0.1, 0.15) is 4.88 Å². The second-order valence-electron chi connectivity index (χ2n) is 3.82. The minimum Gasteiger partial charge on any atom is -0.484 e. The van der Waals surface area contributed by atoms with E-state index in [9.17, 15) is 4.79 Å². The van der Waals surface area contributed by atoms with Gasteiger partial charge in [-0.25, -0.2) is 0 Å². The number of carbonyl (C=O) groups is 1. The molecule has 1 aromatic heterocycles. The maximum atomic E-state index is 10.6. The van der Waals surface area contributed by atoms with Gasteiger partial charge >= 0.3 is 0 Å². The van der Waals surface area contributed by atoms with Crippen LogP contribution in [-0.4, -0.2) is 12.5 Å². The van der Waals surface area contributed by atoms with Gasteiger partial charge in [-0.3, -0.25) is 4.79 Å². The molecule has 100 valence electrons. The Morgan fingerprint density at radius 2 is 2.05 bits per heavy atom. The molecule has 0 spiro atoms. The predicted molar refractivity (Wildman–Crippen MR) is 80.5 cm³/mol. The number of amides is 1. The molecule has 0 aliphatic carbocycles. The average Bonchev–Trinajstić information content (AvgIpc) is 2.81. The van der Waals surface area contributed by atoms with Crippen LogP contribution in [0.5, 0.6) is 5.75 Å². The van der Waals surface area contributed by atoms with Crippen LogP contribution in [0.25, 0.3) is 0 Å². The minimum atomic E-state index is -0.482. The molecule has 1 aromatic carbocycles. The monoisotopic (exact) mass is 340 g/mol. The molecule has 2 aromatic rings. The van der Waals surface area contributed by atoms with Crippen LogP contribution in [0.2, 0.25) is 0 Å². The molecule has 2 rings (SSSR count). The molecule has 3 N–H and O–H groups in total. The van der Waals surface area contributed by atoms with Gasteiger partial charge in [0.25, 0.3) is 5.91 Å². The number of carbonyl (C=O) groups excluding carboxylic acids is 1. The second-order valence-corrected chi connectivity index (χ2v) is 5.68. The summed E-state index contributed by atoms with van der Waals surface area (Å²) < 4.78 is 6.30. The normalized spacial score (nSPS) is 10.2. The molecule has 6 heteroatoms. The molecule has 0 unspecified atom stereocenters. The zero-order valence-electron chi connectivity index (χ0n) is 10.1. The predicted octanol–water partition coefficient (Wildman–Crippen LogP) is 2.99. The molecule has 0 radical (unpaired) electrons. The fourth-order valence-electron chi connectivity index (χ4n) is 1.46. The number of nitrogens with one attached hydrogen (secondary N) is 1. The Balaban J connectivity index is 1.88. The lowest BCUT2D eigenvalue weighted by Gasteiger charge is -2.07. The lowest BCUT2D eigenvalue weighted by Crippen LogP contribution is -2.19.